The molecule has 6 nitrogen and oxygen atoms in total. The van der Waals surface area contributed by atoms with Crippen LogP contribution in [-0.2, 0) is 4.79 Å². The molecule has 4 rings (SSSR count). The van der Waals surface area contributed by atoms with Gasteiger partial charge in [0.05, 0.1) is 19.8 Å². The quantitative estimate of drug-likeness (QED) is 0.637. The first-order valence-electron chi connectivity index (χ1n) is 12.3. The summed E-state index contributed by atoms with van der Waals surface area (Å²) in [4.78, 5) is 15.0. The Morgan fingerprint density at radius 1 is 1.16 bits per heavy atom. The molecule has 3 aliphatic rings. The van der Waals surface area contributed by atoms with Crippen molar-refractivity contribution in [2.45, 2.75) is 76.9 Å². The highest BCUT2D eigenvalue weighted by Crippen LogP contribution is 2.47. The zero-order valence-electron chi connectivity index (χ0n) is 19.8. The van der Waals surface area contributed by atoms with E-state index in [0.717, 1.165) is 37.0 Å². The summed E-state index contributed by atoms with van der Waals surface area (Å²) in [5.41, 5.74) is 0.520. The lowest BCUT2D eigenvalue weighted by molar-refractivity contribution is -0.143. The van der Waals surface area contributed by atoms with Crippen molar-refractivity contribution in [3.05, 3.63) is 23.8 Å². The van der Waals surface area contributed by atoms with Gasteiger partial charge in [-0.15, -0.1) is 0 Å². The number of nitrogens with zero attached hydrogens (tertiary/aromatic N) is 1. The van der Waals surface area contributed by atoms with Gasteiger partial charge in [0, 0.05) is 24.4 Å². The van der Waals surface area contributed by atoms with Crippen molar-refractivity contribution in [2.75, 3.05) is 26.8 Å². The summed E-state index contributed by atoms with van der Waals surface area (Å²) in [6.07, 6.45) is 6.06. The van der Waals surface area contributed by atoms with Crippen molar-refractivity contribution < 1.29 is 24.5 Å². The lowest BCUT2D eigenvalue weighted by Crippen LogP contribution is -2.44. The number of hydrogen-bond acceptors (Lipinski definition) is 5. The van der Waals surface area contributed by atoms with E-state index in [0.29, 0.717) is 31.4 Å². The standard InChI is InChI=1S/C26H39NO5/c1-17(28)26(2)16-27(25(30)24(29)19-7-5-4-6-8-19)14-21(26)20-11-12-22(31-3)23(13-20)32-15-18-9-10-18/h11-13,17-19,21,24,28-29H,4-10,14-16H2,1-3H3/t17-,21+,24+,26?/m1/s1. The molecule has 1 saturated heterocycles. The van der Waals surface area contributed by atoms with E-state index in [1.807, 2.05) is 25.1 Å². The van der Waals surface area contributed by atoms with Gasteiger partial charge in [0.1, 0.15) is 6.10 Å². The highest BCUT2D eigenvalue weighted by atomic mass is 16.5. The average Bonchev–Trinajstić information content (AvgIpc) is 3.57. The maximum absolute atomic E-state index is 13.2. The molecule has 1 aromatic rings. The summed E-state index contributed by atoms with van der Waals surface area (Å²) >= 11 is 0. The van der Waals surface area contributed by atoms with Gasteiger partial charge in [0.2, 0.25) is 0 Å². The molecule has 2 aliphatic carbocycles. The van der Waals surface area contributed by atoms with E-state index in [1.165, 1.54) is 19.3 Å². The molecule has 1 aromatic carbocycles. The number of likely N-dealkylation sites (tertiary alicyclic amines) is 1. The highest BCUT2D eigenvalue weighted by Gasteiger charge is 2.49. The van der Waals surface area contributed by atoms with Gasteiger partial charge in [-0.25, -0.2) is 0 Å². The van der Waals surface area contributed by atoms with Crippen molar-refractivity contribution in [3.8, 4) is 11.5 Å². The van der Waals surface area contributed by atoms with Gasteiger partial charge in [-0.05, 0) is 62.1 Å². The van der Waals surface area contributed by atoms with Gasteiger partial charge >= 0.3 is 0 Å². The molecule has 1 unspecified atom stereocenters. The van der Waals surface area contributed by atoms with Crippen LogP contribution in [0.5, 0.6) is 11.5 Å². The van der Waals surface area contributed by atoms with Crippen molar-refractivity contribution >= 4 is 5.91 Å². The van der Waals surface area contributed by atoms with Crippen LogP contribution in [0, 0.1) is 17.3 Å². The maximum atomic E-state index is 13.2. The smallest absolute Gasteiger partial charge is 0.251 e. The number of carbonyl (C=O) groups excluding carboxylic acids is 1. The number of amides is 1. The molecule has 0 aromatic heterocycles. The van der Waals surface area contributed by atoms with Crippen molar-refractivity contribution in [2.24, 2.45) is 17.3 Å². The molecule has 2 N–H and O–H groups in total. The molecule has 0 bridgehead atoms. The lowest BCUT2D eigenvalue weighted by atomic mass is 9.72. The maximum Gasteiger partial charge on any atom is 0.251 e. The van der Waals surface area contributed by atoms with Crippen molar-refractivity contribution in [1.82, 2.24) is 4.90 Å². The molecule has 4 atom stereocenters. The van der Waals surface area contributed by atoms with Crippen LogP contribution in [0.15, 0.2) is 18.2 Å². The zero-order chi connectivity index (χ0) is 22.9. The molecule has 6 heteroatoms. The van der Waals surface area contributed by atoms with E-state index in [1.54, 1.807) is 18.9 Å². The summed E-state index contributed by atoms with van der Waals surface area (Å²) < 4.78 is 11.6. The van der Waals surface area contributed by atoms with Gasteiger partial charge in [0.15, 0.2) is 11.5 Å². The van der Waals surface area contributed by atoms with Gasteiger partial charge < -0.3 is 24.6 Å². The van der Waals surface area contributed by atoms with Crippen LogP contribution < -0.4 is 9.47 Å². The van der Waals surface area contributed by atoms with Crippen LogP contribution in [-0.4, -0.2) is 60.0 Å². The molecule has 1 aliphatic heterocycles. The molecule has 1 heterocycles. The predicted octanol–water partition coefficient (Wildman–Crippen LogP) is 3.74. The molecule has 178 valence electrons. The minimum Gasteiger partial charge on any atom is -0.493 e. The topological polar surface area (TPSA) is 79.2 Å². The van der Waals surface area contributed by atoms with Crippen molar-refractivity contribution in [3.63, 3.8) is 0 Å². The molecule has 32 heavy (non-hydrogen) atoms. The second-order valence-corrected chi connectivity index (χ2v) is 10.5. The second-order valence-electron chi connectivity index (χ2n) is 10.5. The lowest BCUT2D eigenvalue weighted by Gasteiger charge is -2.34. The molecule has 0 spiro atoms. The van der Waals surface area contributed by atoms with Crippen LogP contribution >= 0.6 is 0 Å². The third kappa shape index (κ3) is 4.76. The normalized spacial score (nSPS) is 28.4. The Morgan fingerprint density at radius 3 is 2.50 bits per heavy atom. The second kappa shape index (κ2) is 9.60. The fourth-order valence-electron chi connectivity index (χ4n) is 5.45. The van der Waals surface area contributed by atoms with Crippen LogP contribution in [0.2, 0.25) is 0 Å². The van der Waals surface area contributed by atoms with Crippen LogP contribution in [0.25, 0.3) is 0 Å². The van der Waals surface area contributed by atoms with Crippen LogP contribution in [0.4, 0.5) is 0 Å². The number of carbonyl (C=O) groups is 1. The summed E-state index contributed by atoms with van der Waals surface area (Å²) in [7, 11) is 1.64. The number of ether oxygens (including phenoxy) is 2. The Labute approximate surface area is 191 Å². The Bertz CT molecular complexity index is 801. The van der Waals surface area contributed by atoms with Crippen LogP contribution in [0.1, 0.15) is 70.3 Å². The van der Waals surface area contributed by atoms with Gasteiger partial charge in [-0.2, -0.15) is 0 Å². The fraction of sp³-hybridized carbons (Fsp3) is 0.731. The van der Waals surface area contributed by atoms with Gasteiger partial charge in [0.25, 0.3) is 5.91 Å². The molecule has 2 saturated carbocycles. The summed E-state index contributed by atoms with van der Waals surface area (Å²) in [5, 5.41) is 21.5. The van der Waals surface area contributed by atoms with Crippen molar-refractivity contribution in [1.29, 1.82) is 0 Å². The van der Waals surface area contributed by atoms with E-state index in [4.69, 9.17) is 9.47 Å². The number of rotatable bonds is 8. The molecule has 3 fully saturated rings. The minimum atomic E-state index is -0.944. The highest BCUT2D eigenvalue weighted by molar-refractivity contribution is 5.81. The molecular weight excluding hydrogens is 406 g/mol. The average molecular weight is 446 g/mol. The molecule has 1 amide bonds. The number of methoxy groups -OCH3 is 1. The molecule has 0 radical (unpaired) electrons. The third-order valence-electron chi connectivity index (χ3n) is 8.11. The predicted molar refractivity (Wildman–Crippen MR) is 123 cm³/mol. The number of benzene rings is 1. The Balaban J connectivity index is 1.55. The third-order valence-corrected chi connectivity index (χ3v) is 8.11. The summed E-state index contributed by atoms with van der Waals surface area (Å²) in [6.45, 7) is 5.45. The Kier molecular flexibility index (Phi) is 7.01. The summed E-state index contributed by atoms with van der Waals surface area (Å²) in [6, 6.07) is 5.94. The van der Waals surface area contributed by atoms with E-state index in [2.05, 4.69) is 0 Å². The monoisotopic (exact) mass is 445 g/mol. The SMILES string of the molecule is COc1ccc([C@@H]2CN(C(=O)[C@@H](O)C3CCCCC3)CC2(C)[C@@H](C)O)cc1OCC1CC1. The van der Waals surface area contributed by atoms with E-state index >= 15 is 0 Å². The largest absolute Gasteiger partial charge is 0.493 e. The summed E-state index contributed by atoms with van der Waals surface area (Å²) in [5.74, 6) is 1.86. The number of aliphatic hydroxyl groups is 2. The fourth-order valence-corrected chi connectivity index (χ4v) is 5.45. The zero-order valence-corrected chi connectivity index (χ0v) is 19.8. The van der Waals surface area contributed by atoms with E-state index in [9.17, 15) is 15.0 Å². The Hall–Kier alpha value is -1.79. The first kappa shape index (κ1) is 23.4. The first-order valence-corrected chi connectivity index (χ1v) is 12.3. The Morgan fingerprint density at radius 2 is 1.88 bits per heavy atom. The van der Waals surface area contributed by atoms with Crippen LogP contribution in [0.3, 0.4) is 0 Å². The number of hydrogen-bond donors (Lipinski definition) is 2. The van der Waals surface area contributed by atoms with Gasteiger partial charge in [-0.1, -0.05) is 32.3 Å². The number of aliphatic hydroxyl groups excluding tert-OH is 2. The minimum absolute atomic E-state index is 0.0523. The van der Waals surface area contributed by atoms with E-state index < -0.39 is 17.6 Å². The molecular formula is C26H39NO5. The van der Waals surface area contributed by atoms with E-state index in [-0.39, 0.29) is 17.7 Å². The first-order chi connectivity index (χ1) is 15.3. The van der Waals surface area contributed by atoms with Gasteiger partial charge in [-0.3, -0.25) is 4.79 Å².